The molecule has 0 aliphatic heterocycles. The summed E-state index contributed by atoms with van der Waals surface area (Å²) in [6.45, 7) is 14.0. The van der Waals surface area contributed by atoms with E-state index >= 15 is 0 Å². The van der Waals surface area contributed by atoms with Crippen LogP contribution < -0.4 is 5.32 Å². The minimum Gasteiger partial charge on any atom is -0.318 e. The minimum atomic E-state index is 0.673. The molecule has 0 saturated carbocycles. The lowest BCUT2D eigenvalue weighted by Crippen LogP contribution is -2.49. The van der Waals surface area contributed by atoms with Gasteiger partial charge in [0.25, 0.3) is 0 Å². The van der Waals surface area contributed by atoms with Crippen LogP contribution in [0.3, 0.4) is 0 Å². The number of unbranched alkanes of at least 4 members (excludes halogenated alkanes) is 1. The van der Waals surface area contributed by atoms with Crippen LogP contribution in [-0.4, -0.2) is 37.1 Å². The van der Waals surface area contributed by atoms with Crippen molar-refractivity contribution >= 4 is 0 Å². The summed E-state index contributed by atoms with van der Waals surface area (Å²) in [5.74, 6) is 0.721. The molecule has 0 fully saturated rings. The van der Waals surface area contributed by atoms with Crippen LogP contribution >= 0.6 is 0 Å². The second-order valence-corrected chi connectivity index (χ2v) is 5.22. The lowest BCUT2D eigenvalue weighted by atomic mass is 9.99. The van der Waals surface area contributed by atoms with Crippen LogP contribution in [0.5, 0.6) is 0 Å². The fraction of sp³-hybridized carbons (Fsp3) is 1.00. The van der Waals surface area contributed by atoms with Crippen molar-refractivity contribution in [2.75, 3.05) is 20.1 Å². The van der Waals surface area contributed by atoms with Crippen molar-refractivity contribution in [2.45, 2.75) is 66.0 Å². The second-order valence-electron chi connectivity index (χ2n) is 5.22. The van der Waals surface area contributed by atoms with Crippen LogP contribution in [0.4, 0.5) is 0 Å². The quantitative estimate of drug-likeness (QED) is 0.652. The first-order valence-electron chi connectivity index (χ1n) is 6.98. The van der Waals surface area contributed by atoms with Gasteiger partial charge in [0.2, 0.25) is 0 Å². The van der Waals surface area contributed by atoms with E-state index in [4.69, 9.17) is 0 Å². The van der Waals surface area contributed by atoms with Crippen molar-refractivity contribution in [3.05, 3.63) is 0 Å². The van der Waals surface area contributed by atoms with Gasteiger partial charge in [0.05, 0.1) is 0 Å². The minimum absolute atomic E-state index is 0.673. The zero-order valence-corrected chi connectivity index (χ0v) is 12.2. The van der Waals surface area contributed by atoms with Gasteiger partial charge < -0.3 is 5.32 Å². The van der Waals surface area contributed by atoms with Gasteiger partial charge in [-0.25, -0.2) is 0 Å². The number of hydrogen-bond donors (Lipinski definition) is 1. The van der Waals surface area contributed by atoms with E-state index in [1.165, 1.54) is 25.8 Å². The summed E-state index contributed by atoms with van der Waals surface area (Å²) in [5.41, 5.74) is 0. The smallest absolute Gasteiger partial charge is 0.0246 e. The fourth-order valence-electron chi connectivity index (χ4n) is 2.23. The van der Waals surface area contributed by atoms with Gasteiger partial charge in [-0.3, -0.25) is 4.90 Å². The van der Waals surface area contributed by atoms with E-state index in [-0.39, 0.29) is 0 Å². The van der Waals surface area contributed by atoms with Gasteiger partial charge in [-0.1, -0.05) is 34.1 Å². The van der Waals surface area contributed by atoms with Crippen molar-refractivity contribution in [1.82, 2.24) is 10.2 Å². The molecule has 2 unspecified atom stereocenters. The zero-order valence-electron chi connectivity index (χ0n) is 12.2. The highest BCUT2D eigenvalue weighted by molar-refractivity contribution is 4.80. The van der Waals surface area contributed by atoms with Gasteiger partial charge in [0.15, 0.2) is 0 Å². The maximum Gasteiger partial charge on any atom is 0.0246 e. The number of hydrogen-bond acceptors (Lipinski definition) is 2. The first-order chi connectivity index (χ1) is 7.58. The molecular weight excluding hydrogens is 196 g/mol. The normalized spacial score (nSPS) is 15.8. The molecule has 0 rings (SSSR count). The molecule has 0 amide bonds. The largest absolute Gasteiger partial charge is 0.318 e. The SMILES string of the molecule is CCCCN(C(C)CC)C(CNC)C(C)C. The van der Waals surface area contributed by atoms with E-state index in [1.807, 2.05) is 0 Å². The summed E-state index contributed by atoms with van der Waals surface area (Å²) in [7, 11) is 2.06. The molecule has 0 bridgehead atoms. The van der Waals surface area contributed by atoms with Gasteiger partial charge in [-0.05, 0) is 39.3 Å². The van der Waals surface area contributed by atoms with Crippen LogP contribution in [0, 0.1) is 5.92 Å². The van der Waals surface area contributed by atoms with Crippen LogP contribution in [0.15, 0.2) is 0 Å². The third-order valence-corrected chi connectivity index (χ3v) is 3.54. The second kappa shape index (κ2) is 9.00. The molecule has 0 aliphatic carbocycles. The number of nitrogens with one attached hydrogen (secondary N) is 1. The molecule has 1 N–H and O–H groups in total. The molecule has 16 heavy (non-hydrogen) atoms. The molecule has 0 spiro atoms. The molecule has 0 radical (unpaired) electrons. The number of rotatable bonds is 9. The Morgan fingerprint density at radius 3 is 2.12 bits per heavy atom. The Bertz CT molecular complexity index is 157. The first-order valence-corrected chi connectivity index (χ1v) is 6.98. The molecule has 0 aliphatic rings. The molecule has 0 aromatic carbocycles. The van der Waals surface area contributed by atoms with E-state index < -0.39 is 0 Å². The Hall–Kier alpha value is -0.0800. The molecule has 2 nitrogen and oxygen atoms in total. The van der Waals surface area contributed by atoms with Crippen molar-refractivity contribution in [3.63, 3.8) is 0 Å². The molecule has 0 saturated heterocycles. The topological polar surface area (TPSA) is 15.3 Å². The fourth-order valence-corrected chi connectivity index (χ4v) is 2.23. The van der Waals surface area contributed by atoms with Gasteiger partial charge >= 0.3 is 0 Å². The standard InChI is InChI=1S/C14H32N2/c1-7-9-10-16(13(5)8-2)14(11-15-6)12(3)4/h12-15H,7-11H2,1-6H3. The van der Waals surface area contributed by atoms with E-state index in [1.54, 1.807) is 0 Å². The summed E-state index contributed by atoms with van der Waals surface area (Å²) >= 11 is 0. The Morgan fingerprint density at radius 1 is 1.12 bits per heavy atom. The molecule has 0 aromatic heterocycles. The molecule has 2 heteroatoms. The lowest BCUT2D eigenvalue weighted by Gasteiger charge is -2.38. The highest BCUT2D eigenvalue weighted by Crippen LogP contribution is 2.16. The average molecular weight is 228 g/mol. The first kappa shape index (κ1) is 15.9. The Kier molecular flexibility index (Phi) is 8.96. The maximum absolute atomic E-state index is 3.34. The van der Waals surface area contributed by atoms with E-state index in [2.05, 4.69) is 51.9 Å². The summed E-state index contributed by atoms with van der Waals surface area (Å²) < 4.78 is 0. The highest BCUT2D eigenvalue weighted by atomic mass is 15.2. The van der Waals surface area contributed by atoms with Crippen LogP contribution in [0.1, 0.15) is 53.9 Å². The predicted molar refractivity (Wildman–Crippen MR) is 73.9 cm³/mol. The van der Waals surface area contributed by atoms with E-state index in [9.17, 15) is 0 Å². The Balaban J connectivity index is 4.52. The summed E-state index contributed by atoms with van der Waals surface area (Å²) in [6.07, 6.45) is 3.85. The third-order valence-electron chi connectivity index (χ3n) is 3.54. The molecule has 0 aromatic rings. The Morgan fingerprint density at radius 2 is 1.75 bits per heavy atom. The summed E-state index contributed by atoms with van der Waals surface area (Å²) in [4.78, 5) is 2.70. The average Bonchev–Trinajstić information content (AvgIpc) is 2.27. The van der Waals surface area contributed by atoms with Gasteiger partial charge in [0, 0.05) is 18.6 Å². The molecule has 2 atom stereocenters. The van der Waals surface area contributed by atoms with E-state index in [0.29, 0.717) is 12.1 Å². The summed E-state index contributed by atoms with van der Waals surface area (Å²) in [5, 5.41) is 3.34. The van der Waals surface area contributed by atoms with E-state index in [0.717, 1.165) is 12.5 Å². The summed E-state index contributed by atoms with van der Waals surface area (Å²) in [6, 6.07) is 1.37. The monoisotopic (exact) mass is 228 g/mol. The van der Waals surface area contributed by atoms with Crippen LogP contribution in [-0.2, 0) is 0 Å². The van der Waals surface area contributed by atoms with Crippen LogP contribution in [0.25, 0.3) is 0 Å². The highest BCUT2D eigenvalue weighted by Gasteiger charge is 2.23. The maximum atomic E-state index is 3.34. The van der Waals surface area contributed by atoms with Gasteiger partial charge in [-0.15, -0.1) is 0 Å². The van der Waals surface area contributed by atoms with Crippen molar-refractivity contribution in [1.29, 1.82) is 0 Å². The number of likely N-dealkylation sites (N-methyl/N-ethyl adjacent to an activating group) is 1. The number of nitrogens with zero attached hydrogens (tertiary/aromatic N) is 1. The Labute approximate surface area is 103 Å². The zero-order chi connectivity index (χ0) is 12.6. The van der Waals surface area contributed by atoms with Gasteiger partial charge in [-0.2, -0.15) is 0 Å². The van der Waals surface area contributed by atoms with Crippen molar-refractivity contribution in [2.24, 2.45) is 5.92 Å². The molecular formula is C14H32N2. The van der Waals surface area contributed by atoms with Gasteiger partial charge in [0.1, 0.15) is 0 Å². The predicted octanol–water partition coefficient (Wildman–Crippen LogP) is 3.13. The third kappa shape index (κ3) is 5.31. The molecule has 98 valence electrons. The van der Waals surface area contributed by atoms with Crippen LogP contribution in [0.2, 0.25) is 0 Å². The molecule has 0 heterocycles. The van der Waals surface area contributed by atoms with Crippen molar-refractivity contribution in [3.8, 4) is 0 Å². The lowest BCUT2D eigenvalue weighted by molar-refractivity contribution is 0.105. The van der Waals surface area contributed by atoms with Crippen molar-refractivity contribution < 1.29 is 0 Å².